The van der Waals surface area contributed by atoms with E-state index in [9.17, 15) is 18.0 Å². The number of alkyl halides is 3. The lowest BCUT2D eigenvalue weighted by atomic mass is 10.3. The van der Waals surface area contributed by atoms with Gasteiger partial charge in [-0.3, -0.25) is 4.79 Å². The number of aromatic nitrogens is 3. The highest BCUT2D eigenvalue weighted by Crippen LogP contribution is 2.30. The predicted molar refractivity (Wildman–Crippen MR) is 111 cm³/mol. The maximum Gasteiger partial charge on any atom is 0.417 e. The minimum Gasteiger partial charge on any atom is -0.325 e. The minimum atomic E-state index is -4.43. The van der Waals surface area contributed by atoms with Crippen LogP contribution in [0.1, 0.15) is 17.0 Å². The second-order valence-electron chi connectivity index (χ2n) is 6.28. The smallest absolute Gasteiger partial charge is 0.325 e. The zero-order chi connectivity index (χ0) is 21.7. The van der Waals surface area contributed by atoms with Crippen LogP contribution in [0.3, 0.4) is 0 Å². The van der Waals surface area contributed by atoms with Gasteiger partial charge in [0.2, 0.25) is 5.91 Å². The molecule has 10 heteroatoms. The Bertz CT molecular complexity index is 1010. The van der Waals surface area contributed by atoms with Crippen LogP contribution in [0.4, 0.5) is 18.9 Å². The molecule has 0 aliphatic rings. The van der Waals surface area contributed by atoms with E-state index in [1.807, 2.05) is 32.0 Å². The van der Waals surface area contributed by atoms with Crippen molar-refractivity contribution in [3.05, 3.63) is 65.6 Å². The molecule has 156 valence electrons. The molecule has 0 fully saturated rings. The van der Waals surface area contributed by atoms with Gasteiger partial charge in [-0.15, -0.1) is 0 Å². The number of aryl methyl sites for hydroxylation is 2. The predicted octanol–water partition coefficient (Wildman–Crippen LogP) is 5.39. The van der Waals surface area contributed by atoms with E-state index in [2.05, 4.69) is 20.3 Å². The van der Waals surface area contributed by atoms with Crippen LogP contribution >= 0.6 is 23.5 Å². The third-order valence-electron chi connectivity index (χ3n) is 3.72. The fraction of sp³-hybridized carbons (Fsp3) is 0.200. The van der Waals surface area contributed by atoms with Gasteiger partial charge < -0.3 is 5.32 Å². The van der Waals surface area contributed by atoms with Crippen molar-refractivity contribution in [3.8, 4) is 0 Å². The summed E-state index contributed by atoms with van der Waals surface area (Å²) < 4.78 is 37.6. The third kappa shape index (κ3) is 6.46. The number of benzene rings is 1. The first kappa shape index (κ1) is 22.1. The summed E-state index contributed by atoms with van der Waals surface area (Å²) in [6.45, 7) is 3.82. The van der Waals surface area contributed by atoms with Gasteiger partial charge in [0.1, 0.15) is 0 Å². The summed E-state index contributed by atoms with van der Waals surface area (Å²) in [5, 5.41) is 3.75. The molecule has 0 radical (unpaired) electrons. The lowest BCUT2D eigenvalue weighted by molar-refractivity contribution is -0.137. The number of carbonyl (C=O) groups excluding carboxylic acids is 1. The number of anilines is 1. The average Bonchev–Trinajstić information content (AvgIpc) is 2.67. The molecule has 0 atom stereocenters. The van der Waals surface area contributed by atoms with E-state index in [4.69, 9.17) is 0 Å². The largest absolute Gasteiger partial charge is 0.417 e. The fourth-order valence-electron chi connectivity index (χ4n) is 2.42. The standard InChI is InChI=1S/C20H17F3N4OS2/c1-12-9-13(2)26-19(25-12)30-16-6-4-15(5-7-16)27-17(28)11-29-18-8-3-14(10-24-18)20(21,22)23/h3-10H,11H2,1-2H3,(H,27,28). The van der Waals surface area contributed by atoms with Crippen LogP contribution in [0.15, 0.2) is 63.7 Å². The van der Waals surface area contributed by atoms with Crippen molar-refractivity contribution >= 4 is 35.1 Å². The van der Waals surface area contributed by atoms with E-state index in [0.29, 0.717) is 15.9 Å². The Morgan fingerprint density at radius 3 is 2.27 bits per heavy atom. The topological polar surface area (TPSA) is 67.8 Å². The van der Waals surface area contributed by atoms with Crippen molar-refractivity contribution in [1.29, 1.82) is 0 Å². The molecular formula is C20H17F3N4OS2. The highest BCUT2D eigenvalue weighted by Gasteiger charge is 2.30. The molecule has 1 amide bonds. The minimum absolute atomic E-state index is 0.0330. The van der Waals surface area contributed by atoms with Gasteiger partial charge in [0.15, 0.2) is 5.16 Å². The lowest BCUT2D eigenvalue weighted by Crippen LogP contribution is -2.14. The molecule has 3 rings (SSSR count). The highest BCUT2D eigenvalue weighted by molar-refractivity contribution is 8.00. The summed E-state index contributed by atoms with van der Waals surface area (Å²) in [5.41, 5.74) is 1.59. The molecule has 0 aliphatic carbocycles. The van der Waals surface area contributed by atoms with Crippen LogP contribution in [-0.4, -0.2) is 26.6 Å². The molecule has 0 spiro atoms. The van der Waals surface area contributed by atoms with Crippen LogP contribution in [0.5, 0.6) is 0 Å². The van der Waals surface area contributed by atoms with Gasteiger partial charge in [0, 0.05) is 28.2 Å². The van der Waals surface area contributed by atoms with Crippen LogP contribution in [0, 0.1) is 13.8 Å². The van der Waals surface area contributed by atoms with Gasteiger partial charge >= 0.3 is 6.18 Å². The van der Waals surface area contributed by atoms with Crippen LogP contribution in [0.2, 0.25) is 0 Å². The van der Waals surface area contributed by atoms with E-state index in [1.54, 1.807) is 12.1 Å². The summed E-state index contributed by atoms with van der Waals surface area (Å²) in [6, 6.07) is 11.3. The van der Waals surface area contributed by atoms with Gasteiger partial charge in [0.25, 0.3) is 0 Å². The first-order valence-electron chi connectivity index (χ1n) is 8.75. The van der Waals surface area contributed by atoms with Crippen molar-refractivity contribution in [1.82, 2.24) is 15.0 Å². The number of carbonyl (C=O) groups is 1. The summed E-state index contributed by atoms with van der Waals surface area (Å²) in [7, 11) is 0. The molecule has 1 aromatic carbocycles. The van der Waals surface area contributed by atoms with Crippen LogP contribution < -0.4 is 5.32 Å². The van der Waals surface area contributed by atoms with Gasteiger partial charge in [-0.25, -0.2) is 15.0 Å². The zero-order valence-corrected chi connectivity index (χ0v) is 17.7. The molecule has 3 aromatic rings. The molecule has 5 nitrogen and oxygen atoms in total. The summed E-state index contributed by atoms with van der Waals surface area (Å²) in [6.07, 6.45) is -3.67. The number of pyridine rings is 1. The second-order valence-corrected chi connectivity index (χ2v) is 8.32. The Labute approximate surface area is 179 Å². The maximum absolute atomic E-state index is 12.5. The van der Waals surface area contributed by atoms with Crippen molar-refractivity contribution < 1.29 is 18.0 Å². The van der Waals surface area contributed by atoms with Crippen LogP contribution in [-0.2, 0) is 11.0 Å². The Balaban J connectivity index is 1.52. The summed E-state index contributed by atoms with van der Waals surface area (Å²) in [4.78, 5) is 25.5. The van der Waals surface area contributed by atoms with E-state index < -0.39 is 11.7 Å². The third-order valence-corrected chi connectivity index (χ3v) is 5.54. The lowest BCUT2D eigenvalue weighted by Gasteiger charge is -2.08. The molecule has 0 bridgehead atoms. The number of amides is 1. The molecule has 2 aromatic heterocycles. The Morgan fingerprint density at radius 2 is 1.70 bits per heavy atom. The number of hydrogen-bond acceptors (Lipinski definition) is 6. The van der Waals surface area contributed by atoms with Gasteiger partial charge in [-0.2, -0.15) is 13.2 Å². The molecule has 0 aliphatic heterocycles. The Morgan fingerprint density at radius 1 is 1.03 bits per heavy atom. The number of nitrogens with one attached hydrogen (secondary N) is 1. The molecule has 2 heterocycles. The molecular weight excluding hydrogens is 433 g/mol. The van der Waals surface area contributed by atoms with E-state index in [0.717, 1.165) is 40.3 Å². The Hall–Kier alpha value is -2.59. The average molecular weight is 451 g/mol. The van der Waals surface area contributed by atoms with E-state index in [1.165, 1.54) is 17.8 Å². The first-order valence-corrected chi connectivity index (χ1v) is 10.6. The van der Waals surface area contributed by atoms with E-state index >= 15 is 0 Å². The van der Waals surface area contributed by atoms with Crippen molar-refractivity contribution in [3.63, 3.8) is 0 Å². The highest BCUT2D eigenvalue weighted by atomic mass is 32.2. The maximum atomic E-state index is 12.5. The second kappa shape index (κ2) is 9.48. The molecule has 0 unspecified atom stereocenters. The zero-order valence-electron chi connectivity index (χ0n) is 16.0. The normalized spacial score (nSPS) is 11.4. The molecule has 0 saturated heterocycles. The summed E-state index contributed by atoms with van der Waals surface area (Å²) >= 11 is 2.49. The van der Waals surface area contributed by atoms with Gasteiger partial charge in [0.05, 0.1) is 16.3 Å². The summed E-state index contributed by atoms with van der Waals surface area (Å²) in [5.74, 6) is -0.245. The van der Waals surface area contributed by atoms with Gasteiger partial charge in [-0.1, -0.05) is 11.8 Å². The first-order chi connectivity index (χ1) is 14.2. The molecule has 30 heavy (non-hydrogen) atoms. The Kier molecular flexibility index (Phi) is 6.99. The fourth-order valence-corrected chi connectivity index (χ4v) is 3.93. The number of thioether (sulfide) groups is 1. The van der Waals surface area contributed by atoms with Crippen molar-refractivity contribution in [2.75, 3.05) is 11.1 Å². The number of nitrogens with zero attached hydrogens (tertiary/aromatic N) is 3. The molecule has 0 saturated carbocycles. The molecule has 1 N–H and O–H groups in total. The van der Waals surface area contributed by atoms with Gasteiger partial charge in [-0.05, 0) is 68.1 Å². The quantitative estimate of drug-likeness (QED) is 0.401. The van der Waals surface area contributed by atoms with E-state index in [-0.39, 0.29) is 11.7 Å². The number of hydrogen-bond donors (Lipinski definition) is 1. The monoisotopic (exact) mass is 450 g/mol. The van der Waals surface area contributed by atoms with Crippen molar-refractivity contribution in [2.45, 2.75) is 35.1 Å². The number of halogens is 3. The van der Waals surface area contributed by atoms with Crippen molar-refractivity contribution in [2.24, 2.45) is 0 Å². The number of rotatable bonds is 6. The SMILES string of the molecule is Cc1cc(C)nc(Sc2ccc(NC(=O)CSc3ccc(C(F)(F)F)cn3)cc2)n1. The van der Waals surface area contributed by atoms with Crippen LogP contribution in [0.25, 0.3) is 0 Å².